The van der Waals surface area contributed by atoms with Crippen molar-refractivity contribution in [2.75, 3.05) is 6.61 Å². The Labute approximate surface area is 70.6 Å². The van der Waals surface area contributed by atoms with Crippen LogP contribution in [0.3, 0.4) is 0 Å². The van der Waals surface area contributed by atoms with E-state index < -0.39 is 8.32 Å². The molecule has 0 fully saturated rings. The van der Waals surface area contributed by atoms with Crippen LogP contribution in [0.15, 0.2) is 11.6 Å². The molecule has 0 aliphatic carbocycles. The van der Waals surface area contributed by atoms with Crippen molar-refractivity contribution in [1.29, 1.82) is 0 Å². The second-order valence-corrected chi connectivity index (χ2v) is 7.97. The molecule has 0 aromatic rings. The molecule has 0 N–H and O–H groups in total. The lowest BCUT2D eigenvalue weighted by Gasteiger charge is -2.15. The predicted molar refractivity (Wildman–Crippen MR) is 51.9 cm³/mol. The minimum absolute atomic E-state index is 0.658. The van der Waals surface area contributed by atoms with Gasteiger partial charge in [0.1, 0.15) is 0 Å². The summed E-state index contributed by atoms with van der Waals surface area (Å²) in [5, 5.41) is 0. The van der Waals surface area contributed by atoms with E-state index >= 15 is 0 Å². The molecule has 0 amide bonds. The first-order chi connectivity index (χ1) is 4.95. The normalized spacial score (nSPS) is 12.8. The Morgan fingerprint density at radius 3 is 2.45 bits per heavy atom. The van der Waals surface area contributed by atoms with E-state index in [1.54, 1.807) is 0 Å². The van der Waals surface area contributed by atoms with E-state index in [0.717, 1.165) is 5.57 Å². The summed E-state index contributed by atoms with van der Waals surface area (Å²) in [4.78, 5) is 0. The summed E-state index contributed by atoms with van der Waals surface area (Å²) >= 11 is 0. The Morgan fingerprint density at radius 2 is 2.09 bits per heavy atom. The zero-order valence-electron chi connectivity index (χ0n) is 7.77. The molecule has 0 heterocycles. The fraction of sp³-hybridized carbons (Fsp3) is 0.556. The number of allylic oxidation sites excluding steroid dienone is 1. The molecule has 0 aromatic carbocycles. The Balaban J connectivity index is 3.68. The standard InChI is InChI=1S/C9H16OSi/c1-6-9(2)7-8-10-11(3,4)5/h1,7H,8H2,2-5H3. The molecule has 0 bridgehead atoms. The lowest BCUT2D eigenvalue weighted by Crippen LogP contribution is -2.25. The third-order valence-electron chi connectivity index (χ3n) is 1.13. The molecular weight excluding hydrogens is 152 g/mol. The van der Waals surface area contributed by atoms with Crippen LogP contribution in [0, 0.1) is 12.3 Å². The van der Waals surface area contributed by atoms with Gasteiger partial charge in [-0.3, -0.25) is 0 Å². The monoisotopic (exact) mass is 168 g/mol. The van der Waals surface area contributed by atoms with Crippen molar-refractivity contribution in [3.63, 3.8) is 0 Å². The van der Waals surface area contributed by atoms with Gasteiger partial charge in [0.15, 0.2) is 8.32 Å². The number of hydrogen-bond donors (Lipinski definition) is 0. The molecule has 0 atom stereocenters. The van der Waals surface area contributed by atoms with Crippen molar-refractivity contribution in [2.45, 2.75) is 26.6 Å². The van der Waals surface area contributed by atoms with Crippen LogP contribution in [0.4, 0.5) is 0 Å². The highest BCUT2D eigenvalue weighted by molar-refractivity contribution is 6.69. The minimum atomic E-state index is -1.35. The molecule has 1 nitrogen and oxygen atoms in total. The molecule has 11 heavy (non-hydrogen) atoms. The number of hydrogen-bond acceptors (Lipinski definition) is 1. The van der Waals surface area contributed by atoms with Crippen LogP contribution in [0.2, 0.25) is 19.6 Å². The summed E-state index contributed by atoms with van der Waals surface area (Å²) in [6.45, 7) is 9.05. The number of terminal acetylenes is 1. The first kappa shape index (κ1) is 10.5. The maximum absolute atomic E-state index is 5.57. The van der Waals surface area contributed by atoms with Crippen molar-refractivity contribution in [1.82, 2.24) is 0 Å². The summed E-state index contributed by atoms with van der Waals surface area (Å²) < 4.78 is 5.57. The van der Waals surface area contributed by atoms with E-state index in [4.69, 9.17) is 10.8 Å². The Hall–Kier alpha value is -0.523. The quantitative estimate of drug-likeness (QED) is 0.464. The molecule has 0 aliphatic rings. The second-order valence-electron chi connectivity index (χ2n) is 3.45. The van der Waals surface area contributed by atoms with Gasteiger partial charge in [0.05, 0.1) is 6.61 Å². The summed E-state index contributed by atoms with van der Waals surface area (Å²) in [6, 6.07) is 0. The van der Waals surface area contributed by atoms with Gasteiger partial charge >= 0.3 is 0 Å². The van der Waals surface area contributed by atoms with Crippen molar-refractivity contribution in [3.8, 4) is 12.3 Å². The zero-order valence-corrected chi connectivity index (χ0v) is 8.77. The van der Waals surface area contributed by atoms with Crippen LogP contribution < -0.4 is 0 Å². The highest BCUT2D eigenvalue weighted by atomic mass is 28.4. The summed E-state index contributed by atoms with van der Waals surface area (Å²) in [6.07, 6.45) is 7.10. The highest BCUT2D eigenvalue weighted by Gasteiger charge is 2.12. The lowest BCUT2D eigenvalue weighted by atomic mass is 10.3. The molecule has 0 aliphatic heterocycles. The maximum atomic E-state index is 5.57. The SMILES string of the molecule is C#CC(C)=CCO[Si](C)(C)C. The second kappa shape index (κ2) is 4.37. The fourth-order valence-corrected chi connectivity index (χ4v) is 1.06. The fourth-order valence-electron chi connectivity index (χ4n) is 0.476. The predicted octanol–water partition coefficient (Wildman–Crippen LogP) is 2.42. The van der Waals surface area contributed by atoms with E-state index in [2.05, 4.69) is 25.6 Å². The van der Waals surface area contributed by atoms with Crippen molar-refractivity contribution < 1.29 is 4.43 Å². The average molecular weight is 168 g/mol. The van der Waals surface area contributed by atoms with Crippen molar-refractivity contribution >= 4 is 8.32 Å². The van der Waals surface area contributed by atoms with Gasteiger partial charge in [0, 0.05) is 0 Å². The van der Waals surface area contributed by atoms with E-state index in [1.807, 2.05) is 13.0 Å². The zero-order chi connectivity index (χ0) is 8.91. The molecule has 0 aromatic heterocycles. The van der Waals surface area contributed by atoms with Crippen LogP contribution in [0.1, 0.15) is 6.92 Å². The van der Waals surface area contributed by atoms with Gasteiger partial charge in [-0.05, 0) is 38.2 Å². The molecular formula is C9H16OSi. The van der Waals surface area contributed by atoms with E-state index in [9.17, 15) is 0 Å². The molecule has 2 heteroatoms. The van der Waals surface area contributed by atoms with Gasteiger partial charge < -0.3 is 4.43 Å². The maximum Gasteiger partial charge on any atom is 0.184 e. The first-order valence-electron chi connectivity index (χ1n) is 3.73. The minimum Gasteiger partial charge on any atom is -0.414 e. The van der Waals surface area contributed by atoms with Gasteiger partial charge in [-0.25, -0.2) is 0 Å². The number of rotatable bonds is 3. The van der Waals surface area contributed by atoms with Gasteiger partial charge in [-0.15, -0.1) is 6.42 Å². The smallest absolute Gasteiger partial charge is 0.184 e. The summed E-state index contributed by atoms with van der Waals surface area (Å²) in [5.41, 5.74) is 0.947. The van der Waals surface area contributed by atoms with Crippen LogP contribution in [-0.4, -0.2) is 14.9 Å². The van der Waals surface area contributed by atoms with Crippen LogP contribution in [0.25, 0.3) is 0 Å². The molecule has 0 saturated carbocycles. The van der Waals surface area contributed by atoms with Crippen molar-refractivity contribution in [2.24, 2.45) is 0 Å². The van der Waals surface area contributed by atoms with Crippen molar-refractivity contribution in [3.05, 3.63) is 11.6 Å². The average Bonchev–Trinajstić information content (AvgIpc) is 1.85. The Kier molecular flexibility index (Phi) is 4.17. The molecule has 0 unspecified atom stereocenters. The molecule has 0 spiro atoms. The molecule has 0 saturated heterocycles. The molecule has 0 radical (unpaired) electrons. The van der Waals surface area contributed by atoms with E-state index in [0.29, 0.717) is 6.61 Å². The van der Waals surface area contributed by atoms with Gasteiger partial charge in [0.25, 0.3) is 0 Å². The molecule has 0 rings (SSSR count). The Bertz CT molecular complexity index is 181. The van der Waals surface area contributed by atoms with Gasteiger partial charge in [-0.2, -0.15) is 0 Å². The van der Waals surface area contributed by atoms with Gasteiger partial charge in [-0.1, -0.05) is 5.92 Å². The first-order valence-corrected chi connectivity index (χ1v) is 7.14. The van der Waals surface area contributed by atoms with Crippen LogP contribution in [0.5, 0.6) is 0 Å². The largest absolute Gasteiger partial charge is 0.414 e. The van der Waals surface area contributed by atoms with Crippen LogP contribution >= 0.6 is 0 Å². The third kappa shape index (κ3) is 7.37. The molecule has 62 valence electrons. The van der Waals surface area contributed by atoms with Gasteiger partial charge in [0.2, 0.25) is 0 Å². The Morgan fingerprint density at radius 1 is 1.55 bits per heavy atom. The summed E-state index contributed by atoms with van der Waals surface area (Å²) in [5.74, 6) is 2.55. The lowest BCUT2D eigenvalue weighted by molar-refractivity contribution is 0.357. The third-order valence-corrected chi connectivity index (χ3v) is 2.17. The van der Waals surface area contributed by atoms with E-state index in [1.165, 1.54) is 0 Å². The van der Waals surface area contributed by atoms with Crippen LogP contribution in [-0.2, 0) is 4.43 Å². The highest BCUT2D eigenvalue weighted by Crippen LogP contribution is 2.02. The van der Waals surface area contributed by atoms with E-state index in [-0.39, 0.29) is 0 Å². The summed E-state index contributed by atoms with van der Waals surface area (Å²) in [7, 11) is -1.35. The topological polar surface area (TPSA) is 9.23 Å².